The minimum atomic E-state index is -4.30. The number of hydrogen-bond donors (Lipinski definition) is 10. The number of benzene rings is 5. The SMILES string of the molecule is CCCCCNc1nc(N)nc2ccn(Cc3cc(P(=O)(O)O)ccc3C)c12.CCCCCNc1nc(N)nc2ccn(Cc3cc(P(=O)(O)OC)ccc3C)c12.CCCCCNc1nc(N)nc2ccn(Cc3cc(P(=O)(OC)OC)ccc3C)c12.COP(=O)(OC)c1ccc(C)c(C)c1.COP(OC)OC.C[Si](C)(C)I.Cc1ccc(I)cc1C.Nc1nc(Cl)c2c(n1)C=CC2.O=CO[O-].[Cs+].[Cs+].[H-]. The molecule has 0 spiro atoms. The number of unbranched alkanes of at least 4 members (excludes halogenated alkanes) is 6. The normalized spacial score (nSPS) is 11.7. The van der Waals surface area contributed by atoms with Crippen LogP contribution in [0.5, 0.6) is 0 Å². The summed E-state index contributed by atoms with van der Waals surface area (Å²) in [4.78, 5) is 74.3. The molecule has 7 aromatic heterocycles. The second-order valence-electron chi connectivity index (χ2n) is 31.9. The Bertz CT molecular complexity index is 6110. The predicted molar refractivity (Wildman–Crippen MR) is 574 cm³/mol. The summed E-state index contributed by atoms with van der Waals surface area (Å²) in [5, 5.41) is 20.5. The second-order valence-corrected chi connectivity index (χ2v) is 56.9. The first-order chi connectivity index (χ1) is 64.8. The molecule has 5 aromatic carbocycles. The topological polar surface area (TPSA) is 510 Å². The van der Waals surface area contributed by atoms with Crippen LogP contribution in [0.15, 0.2) is 134 Å². The van der Waals surface area contributed by atoms with Gasteiger partial charge in [-0.1, -0.05) is 127 Å². The van der Waals surface area contributed by atoms with E-state index in [0.29, 0.717) is 47.0 Å². The third-order valence-corrected chi connectivity index (χ3v) is 28.7. The molecule has 1 atom stereocenters. The molecule has 7 heterocycles. The predicted octanol–water partition coefficient (Wildman–Crippen LogP) is 12.9. The summed E-state index contributed by atoms with van der Waals surface area (Å²) in [6.07, 6.45) is 20.5. The van der Waals surface area contributed by atoms with Crippen LogP contribution in [0.2, 0.25) is 24.8 Å². The fraction of sp³-hybridized carbons (Fsp3) is 0.402. The van der Waals surface area contributed by atoms with Crippen molar-refractivity contribution >= 4 is 209 Å². The first-order valence-corrected chi connectivity index (χ1v) is 59.2. The van der Waals surface area contributed by atoms with E-state index in [1.807, 2.05) is 123 Å². The number of aryl methyl sites for hydroxylation is 7. The monoisotopic (exact) mass is 2520 g/mol. The molecule has 14 N–H and O–H groups in total. The largest absolute Gasteiger partial charge is 1.00 e. The van der Waals surface area contributed by atoms with Crippen LogP contribution in [0.25, 0.3) is 39.2 Å². The maximum absolute atomic E-state index is 12.8. The maximum Gasteiger partial charge on any atom is 1.00 e. The van der Waals surface area contributed by atoms with Crippen molar-refractivity contribution in [3.63, 3.8) is 0 Å². The Balaban J connectivity index is 0.000000568. The molecule has 0 aliphatic heterocycles. The fourth-order valence-electron chi connectivity index (χ4n) is 13.1. The van der Waals surface area contributed by atoms with Crippen molar-refractivity contribution in [2.24, 2.45) is 0 Å². The number of aromatic nitrogens is 11. The molecule has 139 heavy (non-hydrogen) atoms. The molecular weight excluding hydrogens is 2380 g/mol. The summed E-state index contributed by atoms with van der Waals surface area (Å²) in [5.74, 6) is 3.03. The fourth-order valence-corrected chi connectivity index (χ4v) is 18.1. The molecule has 0 amide bonds. The second kappa shape index (κ2) is 64.8. The van der Waals surface area contributed by atoms with Gasteiger partial charge in [0.2, 0.25) is 23.8 Å². The Kier molecular flexibility index (Phi) is 60.1. The number of halogens is 3. The van der Waals surface area contributed by atoms with Crippen LogP contribution in [-0.2, 0) is 90.2 Å². The van der Waals surface area contributed by atoms with Crippen molar-refractivity contribution in [3.8, 4) is 0 Å². The van der Waals surface area contributed by atoms with Gasteiger partial charge in [-0.3, -0.25) is 23.1 Å². The van der Waals surface area contributed by atoms with Gasteiger partial charge in [0.25, 0.3) is 6.47 Å². The van der Waals surface area contributed by atoms with E-state index < -0.39 is 44.6 Å². The van der Waals surface area contributed by atoms with E-state index in [0.717, 1.165) is 179 Å². The van der Waals surface area contributed by atoms with E-state index in [2.05, 4.69) is 196 Å². The average Bonchev–Trinajstić information content (AvgIpc) is 1.62. The number of allylic oxidation sites excluding steroid dienone is 1. The Morgan fingerprint density at radius 3 is 1.12 bits per heavy atom. The van der Waals surface area contributed by atoms with Gasteiger partial charge in [0.05, 0.1) is 43.5 Å². The van der Waals surface area contributed by atoms with Crippen molar-refractivity contribution in [2.75, 3.05) is 115 Å². The number of anilines is 7. The Morgan fingerprint density at radius 2 is 0.799 bits per heavy atom. The van der Waals surface area contributed by atoms with Crippen molar-refractivity contribution in [1.29, 1.82) is 0 Å². The number of fused-ring (bicyclic) bond motifs is 4. The van der Waals surface area contributed by atoms with Gasteiger partial charge < -0.3 is 115 Å². The van der Waals surface area contributed by atoms with Crippen molar-refractivity contribution < 1.29 is 223 Å². The minimum absolute atomic E-state index is 0. The van der Waals surface area contributed by atoms with Gasteiger partial charge in [-0.05, 0) is 237 Å². The summed E-state index contributed by atoms with van der Waals surface area (Å²) in [6.45, 7) is 31.3. The molecule has 0 bridgehead atoms. The molecule has 1 unspecified atom stereocenters. The molecule has 0 radical (unpaired) electrons. The summed E-state index contributed by atoms with van der Waals surface area (Å²) < 4.78 is 94.9. The number of nitrogens with two attached hydrogens (primary N) is 4. The molecule has 12 aromatic rings. The van der Waals surface area contributed by atoms with E-state index >= 15 is 0 Å². The van der Waals surface area contributed by atoms with Gasteiger partial charge in [-0.2, -0.15) is 15.0 Å². The molecule has 1 aliphatic carbocycles. The number of nitrogen functional groups attached to an aromatic ring is 4. The summed E-state index contributed by atoms with van der Waals surface area (Å²) in [7, 11) is -4.15. The van der Waals surface area contributed by atoms with Crippen molar-refractivity contribution in [1.82, 2.24) is 53.6 Å². The van der Waals surface area contributed by atoms with Crippen LogP contribution >= 0.6 is 95.0 Å². The van der Waals surface area contributed by atoms with Gasteiger partial charge in [0, 0.05) is 124 Å². The third-order valence-electron chi connectivity index (χ3n) is 20.7. The van der Waals surface area contributed by atoms with Gasteiger partial charge in [0.1, 0.15) is 27.3 Å². The number of carbonyl (C=O) groups excluding carboxylic acids is 1. The van der Waals surface area contributed by atoms with E-state index in [9.17, 15) is 32.9 Å². The number of nitrogens with one attached hydrogen (secondary N) is 3. The smallest absolute Gasteiger partial charge is 1.00 e. The maximum atomic E-state index is 12.8. The zero-order valence-corrected chi connectivity index (χ0v) is 107. The van der Waals surface area contributed by atoms with Crippen LogP contribution in [0.1, 0.15) is 147 Å². The first kappa shape index (κ1) is 129. The zero-order valence-electron chi connectivity index (χ0n) is 84.7. The van der Waals surface area contributed by atoms with Crippen molar-refractivity contribution in [3.05, 3.63) is 209 Å². The Morgan fingerprint density at radius 1 is 0.475 bits per heavy atom. The number of nitrogens with zero attached hydrogens (tertiary/aromatic N) is 11. The van der Waals surface area contributed by atoms with Crippen molar-refractivity contribution in [2.45, 2.75) is 173 Å². The van der Waals surface area contributed by atoms with Crippen LogP contribution in [-0.4, -0.2) is 157 Å². The molecule has 13 rings (SSSR count). The van der Waals surface area contributed by atoms with Crippen LogP contribution in [0, 0.1) is 52.0 Å². The Labute approximate surface area is 969 Å². The molecule has 0 fully saturated rings. The zero-order chi connectivity index (χ0) is 102. The number of hydrogen-bond acceptors (Lipinski definition) is 30. The van der Waals surface area contributed by atoms with E-state index in [-0.39, 0.29) is 180 Å². The van der Waals surface area contributed by atoms with Crippen LogP contribution in [0.4, 0.5) is 41.2 Å². The average molecular weight is 2520 g/mol. The third kappa shape index (κ3) is 42.5. The van der Waals surface area contributed by atoms with Crippen LogP contribution in [0.3, 0.4) is 0 Å². The van der Waals surface area contributed by atoms with E-state index in [1.165, 1.54) is 56.3 Å². The number of rotatable bonds is 34. The van der Waals surface area contributed by atoms with E-state index in [4.69, 9.17) is 67.2 Å². The molecule has 1 aliphatic rings. The standard InChI is InChI=1S/C21H30N5O3P.C20H28N5O3P.C19H26N5O3P.C10H15O3P.C8H9I.C7H6ClN3.C3H9ISi.C3H9O3P.CH2O3.2Cs.H/c1-5-6-7-11-23-20-19-18(24-21(22)25-20)10-12-26(19)14-16-13-17(9-8-15(16)2)30(27,28-3)29-4;1-4-5-6-10-22-19-18-17(23-20(21)24-19)9-11-25(18)13-15-12-16(8-7-14(15)2)29(26,27)28-3;1-3-4-5-9-21-18-17-16(22-19(20)23-18)8-10-24(17)12-14-11-15(28(25,26)27)7-6-13(14)2;1-8-5-6-10(7-9(8)2)14(11,12-3)13-4;1-6-3-4-8(9)5-7(6)2;8-6-4-2-1-3-5(4)10-7(9)11-6;1-5(2,3)4;1-4-7(5-2)6-3;2-1-4-3;;;/h8-10,12-13H,5-7,11,14H2,1-4H3,(H3,22,23,24,25);7-9,11-12H,4-6,10,13H2,1-3H3,(H,26,27)(H3,21,22,23,24);6-8,10-11H,3-5,9,12H2,1-2H3,(H2,25,26,27)(H3,20,21,22,23);5-7H,1-4H3;3-5H,1-2H3;1,3H,2H2,(H2,9,10,11);1-3H3;1-3H3;1,3H;;;/q;;;;;;;;;2*+1;-1/p-1. The van der Waals surface area contributed by atoms with Crippen LogP contribution < -0.4 is 203 Å². The molecule has 47 heteroatoms. The van der Waals surface area contributed by atoms with Gasteiger partial charge in [-0.25, -0.2) is 24.9 Å². The molecule has 36 nitrogen and oxygen atoms in total. The molecule has 0 saturated heterocycles. The molecule has 0 saturated carbocycles. The Hall–Kier alpha value is -4.21. The quantitative estimate of drug-likeness (QED) is 0.00206. The number of carbonyl (C=O) groups is 1. The van der Waals surface area contributed by atoms with Gasteiger partial charge in [0.15, 0.2) is 17.5 Å². The molecule has 752 valence electrons. The molecular formula is C92H134ClCs2I2N18O18P5Si. The summed E-state index contributed by atoms with van der Waals surface area (Å²) in [5.41, 5.74) is 39.8. The summed E-state index contributed by atoms with van der Waals surface area (Å²) >= 11 is 10.6. The van der Waals surface area contributed by atoms with E-state index in [1.54, 1.807) is 57.7 Å². The minimum Gasteiger partial charge on any atom is -1.00 e. The van der Waals surface area contributed by atoms with Gasteiger partial charge in [-0.15, -0.1) is 21.8 Å². The first-order valence-electron chi connectivity index (χ1n) is 43.7. The van der Waals surface area contributed by atoms with Gasteiger partial charge >= 0.3 is 177 Å². The summed E-state index contributed by atoms with van der Waals surface area (Å²) in [6, 6.07) is 33.2.